The molecule has 2 heterocycles. The molecule has 24 heavy (non-hydrogen) atoms. The van der Waals surface area contributed by atoms with E-state index in [1.807, 2.05) is 42.2 Å². The molecule has 2 unspecified atom stereocenters. The van der Waals surface area contributed by atoms with Crippen LogP contribution >= 0.6 is 36.2 Å². The molecule has 1 aromatic heterocycles. The third-order valence-electron chi connectivity index (χ3n) is 4.15. The molecule has 3 rings (SSSR count). The minimum absolute atomic E-state index is 0. The largest absolute Gasteiger partial charge is 0.333 e. The van der Waals surface area contributed by atoms with Crippen molar-refractivity contribution in [3.05, 3.63) is 41.4 Å². The van der Waals surface area contributed by atoms with Crippen molar-refractivity contribution in [1.29, 1.82) is 0 Å². The van der Waals surface area contributed by atoms with Gasteiger partial charge in [0.25, 0.3) is 5.91 Å². The molecule has 1 aliphatic heterocycles. The summed E-state index contributed by atoms with van der Waals surface area (Å²) in [5.41, 5.74) is 7.11. The Labute approximate surface area is 159 Å². The number of thiazole rings is 1. The molecule has 0 radical (unpaired) electrons. The summed E-state index contributed by atoms with van der Waals surface area (Å²) in [6.07, 6.45) is 4.89. The fraction of sp³-hybridized carbons (Fsp3) is 0.412. The summed E-state index contributed by atoms with van der Waals surface area (Å²) in [6.45, 7) is 2.78. The number of likely N-dealkylation sites (tertiary alicyclic amines) is 1. The number of benzene rings is 1. The van der Waals surface area contributed by atoms with E-state index in [4.69, 9.17) is 5.73 Å². The zero-order valence-corrected chi connectivity index (χ0v) is 16.0. The van der Waals surface area contributed by atoms with Crippen LogP contribution in [0.2, 0.25) is 0 Å². The minimum Gasteiger partial charge on any atom is -0.333 e. The molecule has 0 aliphatic carbocycles. The van der Waals surface area contributed by atoms with E-state index < -0.39 is 0 Å². The molecule has 1 saturated heterocycles. The average Bonchev–Trinajstić information content (AvgIpc) is 3.05. The summed E-state index contributed by atoms with van der Waals surface area (Å²) >= 11 is 1.46. The SMILES string of the molecule is CC(N)C1CCCCN1C(=O)c1cnc(-c2ccccc2)s1.Cl.Cl. The van der Waals surface area contributed by atoms with Gasteiger partial charge in [-0.1, -0.05) is 30.3 Å². The van der Waals surface area contributed by atoms with Gasteiger partial charge in [-0.2, -0.15) is 0 Å². The van der Waals surface area contributed by atoms with Gasteiger partial charge in [0.1, 0.15) is 9.88 Å². The normalized spacial score (nSPS) is 18.2. The van der Waals surface area contributed by atoms with Crippen molar-refractivity contribution in [1.82, 2.24) is 9.88 Å². The number of aromatic nitrogens is 1. The molecule has 4 nitrogen and oxygen atoms in total. The molecule has 1 amide bonds. The number of nitrogens with zero attached hydrogens (tertiary/aromatic N) is 2. The van der Waals surface area contributed by atoms with Crippen molar-refractivity contribution >= 4 is 42.1 Å². The van der Waals surface area contributed by atoms with Crippen molar-refractivity contribution in [3.8, 4) is 10.6 Å². The summed E-state index contributed by atoms with van der Waals surface area (Å²) < 4.78 is 0. The van der Waals surface area contributed by atoms with Gasteiger partial charge in [-0.05, 0) is 26.2 Å². The van der Waals surface area contributed by atoms with E-state index >= 15 is 0 Å². The van der Waals surface area contributed by atoms with Crippen LogP contribution in [0.5, 0.6) is 0 Å². The maximum Gasteiger partial charge on any atom is 0.265 e. The lowest BCUT2D eigenvalue weighted by Crippen LogP contribution is -2.51. The fourth-order valence-electron chi connectivity index (χ4n) is 2.98. The number of amides is 1. The maximum atomic E-state index is 12.8. The number of rotatable bonds is 3. The van der Waals surface area contributed by atoms with Crippen LogP contribution in [0, 0.1) is 0 Å². The predicted octanol–water partition coefficient (Wildman–Crippen LogP) is 4.00. The molecule has 0 spiro atoms. The van der Waals surface area contributed by atoms with Gasteiger partial charge >= 0.3 is 0 Å². The highest BCUT2D eigenvalue weighted by atomic mass is 35.5. The fourth-order valence-corrected chi connectivity index (χ4v) is 3.86. The van der Waals surface area contributed by atoms with E-state index in [0.717, 1.165) is 36.4 Å². The predicted molar refractivity (Wildman–Crippen MR) is 104 cm³/mol. The average molecular weight is 388 g/mol. The minimum atomic E-state index is 0. The molecule has 2 atom stereocenters. The van der Waals surface area contributed by atoms with Gasteiger partial charge in [0.05, 0.1) is 6.20 Å². The summed E-state index contributed by atoms with van der Waals surface area (Å²) in [6, 6.07) is 10.1. The van der Waals surface area contributed by atoms with Gasteiger partial charge in [0.2, 0.25) is 0 Å². The number of hydrogen-bond acceptors (Lipinski definition) is 4. The highest BCUT2D eigenvalue weighted by Gasteiger charge is 2.30. The van der Waals surface area contributed by atoms with E-state index in [2.05, 4.69) is 4.98 Å². The number of hydrogen-bond donors (Lipinski definition) is 1. The summed E-state index contributed by atoms with van der Waals surface area (Å²) in [7, 11) is 0. The topological polar surface area (TPSA) is 59.2 Å². The molecule has 2 aromatic rings. The van der Waals surface area contributed by atoms with Crippen LogP contribution in [0.1, 0.15) is 35.9 Å². The lowest BCUT2D eigenvalue weighted by atomic mass is 9.97. The standard InChI is InChI=1S/C17H21N3OS.2ClH/c1-12(18)14-9-5-6-10-20(14)17(21)15-11-19-16(22-15)13-7-3-2-4-8-13;;/h2-4,7-8,11-12,14H,5-6,9-10,18H2,1H3;2*1H. The number of carbonyl (C=O) groups is 1. The third kappa shape index (κ3) is 4.48. The van der Waals surface area contributed by atoms with E-state index in [0.29, 0.717) is 4.88 Å². The number of piperidine rings is 1. The summed E-state index contributed by atoms with van der Waals surface area (Å²) in [5.74, 6) is 0.0710. The van der Waals surface area contributed by atoms with Gasteiger partial charge in [-0.3, -0.25) is 4.79 Å². The number of carbonyl (C=O) groups excluding carboxylic acids is 1. The van der Waals surface area contributed by atoms with Crippen molar-refractivity contribution in [2.45, 2.75) is 38.3 Å². The van der Waals surface area contributed by atoms with Gasteiger partial charge in [0, 0.05) is 24.2 Å². The maximum absolute atomic E-state index is 12.8. The van der Waals surface area contributed by atoms with E-state index in [1.165, 1.54) is 11.3 Å². The zero-order chi connectivity index (χ0) is 15.5. The lowest BCUT2D eigenvalue weighted by Gasteiger charge is -2.37. The molecule has 1 fully saturated rings. The van der Waals surface area contributed by atoms with Gasteiger partial charge in [-0.25, -0.2) is 4.98 Å². The second kappa shape index (κ2) is 9.37. The molecule has 1 aromatic carbocycles. The molecule has 132 valence electrons. The Balaban J connectivity index is 0.00000144. The van der Waals surface area contributed by atoms with Gasteiger partial charge in [-0.15, -0.1) is 36.2 Å². The highest BCUT2D eigenvalue weighted by molar-refractivity contribution is 7.16. The van der Waals surface area contributed by atoms with Crippen molar-refractivity contribution < 1.29 is 4.79 Å². The molecule has 2 N–H and O–H groups in total. The first-order valence-electron chi connectivity index (χ1n) is 7.74. The Morgan fingerprint density at radius 3 is 2.67 bits per heavy atom. The molecule has 0 saturated carbocycles. The highest BCUT2D eigenvalue weighted by Crippen LogP contribution is 2.28. The first kappa shape index (κ1) is 20.9. The van der Waals surface area contributed by atoms with E-state index in [1.54, 1.807) is 6.20 Å². The molecule has 0 bridgehead atoms. The van der Waals surface area contributed by atoms with E-state index in [-0.39, 0.29) is 42.8 Å². The van der Waals surface area contributed by atoms with Crippen LogP contribution in [0.3, 0.4) is 0 Å². The third-order valence-corrected chi connectivity index (χ3v) is 5.19. The van der Waals surface area contributed by atoms with Crippen LogP contribution in [-0.2, 0) is 0 Å². The molecule has 7 heteroatoms. The second-order valence-corrected chi connectivity index (χ2v) is 6.85. The summed E-state index contributed by atoms with van der Waals surface area (Å²) in [5, 5.41) is 0.887. The van der Waals surface area contributed by atoms with Gasteiger partial charge in [0.15, 0.2) is 0 Å². The van der Waals surface area contributed by atoms with Crippen molar-refractivity contribution in [2.75, 3.05) is 6.54 Å². The monoisotopic (exact) mass is 387 g/mol. The van der Waals surface area contributed by atoms with Crippen LogP contribution in [-0.4, -0.2) is 34.4 Å². The smallest absolute Gasteiger partial charge is 0.265 e. The molecular weight excluding hydrogens is 365 g/mol. The second-order valence-electron chi connectivity index (χ2n) is 5.82. The van der Waals surface area contributed by atoms with Gasteiger partial charge < -0.3 is 10.6 Å². The Hall–Kier alpha value is -1.14. The first-order chi connectivity index (χ1) is 10.7. The quantitative estimate of drug-likeness (QED) is 0.865. The Morgan fingerprint density at radius 1 is 1.29 bits per heavy atom. The zero-order valence-electron chi connectivity index (χ0n) is 13.6. The van der Waals surface area contributed by atoms with Crippen LogP contribution < -0.4 is 5.73 Å². The Morgan fingerprint density at radius 2 is 2.00 bits per heavy atom. The van der Waals surface area contributed by atoms with Crippen LogP contribution in [0.15, 0.2) is 36.5 Å². The molecular formula is C17H23Cl2N3OS. The lowest BCUT2D eigenvalue weighted by molar-refractivity contribution is 0.0588. The van der Waals surface area contributed by atoms with Crippen LogP contribution in [0.25, 0.3) is 10.6 Å². The number of halogens is 2. The summed E-state index contributed by atoms with van der Waals surface area (Å²) in [4.78, 5) is 19.9. The van der Waals surface area contributed by atoms with E-state index in [9.17, 15) is 4.79 Å². The van der Waals surface area contributed by atoms with Crippen molar-refractivity contribution in [3.63, 3.8) is 0 Å². The Bertz CT molecular complexity index is 648. The Kier molecular flexibility index (Phi) is 8.16. The van der Waals surface area contributed by atoms with Crippen LogP contribution in [0.4, 0.5) is 0 Å². The van der Waals surface area contributed by atoms with Crippen molar-refractivity contribution in [2.24, 2.45) is 5.73 Å². The first-order valence-corrected chi connectivity index (χ1v) is 8.56. The number of nitrogens with two attached hydrogens (primary N) is 1. The molecule has 1 aliphatic rings.